The second-order valence-corrected chi connectivity index (χ2v) is 6.56. The molecule has 2 rings (SSSR count). The Morgan fingerprint density at radius 2 is 2.00 bits per heavy atom. The molecule has 1 aliphatic carbocycles. The molecule has 3 nitrogen and oxygen atoms in total. The summed E-state index contributed by atoms with van der Waals surface area (Å²) in [4.78, 5) is 8.46. The van der Waals surface area contributed by atoms with Crippen LogP contribution >= 0.6 is 0 Å². The van der Waals surface area contributed by atoms with Gasteiger partial charge >= 0.3 is 0 Å². The number of hydrogen-bond donors (Lipinski definition) is 1. The van der Waals surface area contributed by atoms with E-state index in [1.807, 2.05) is 12.4 Å². The summed E-state index contributed by atoms with van der Waals surface area (Å²) < 4.78 is 0. The van der Waals surface area contributed by atoms with Crippen molar-refractivity contribution < 1.29 is 0 Å². The predicted molar refractivity (Wildman–Crippen MR) is 83.6 cm³/mol. The zero-order valence-electron chi connectivity index (χ0n) is 13.2. The Bertz CT molecular complexity index is 377. The van der Waals surface area contributed by atoms with Crippen LogP contribution in [0.1, 0.15) is 57.9 Å². The first kappa shape index (κ1) is 15.4. The van der Waals surface area contributed by atoms with E-state index in [-0.39, 0.29) is 0 Å². The lowest BCUT2D eigenvalue weighted by Gasteiger charge is -2.38. The SMILES string of the molecule is CCCNCC1CCC(C(C)C)CC1c1cncnc1. The van der Waals surface area contributed by atoms with Crippen LogP contribution in [-0.2, 0) is 0 Å². The minimum atomic E-state index is 0.627. The fourth-order valence-corrected chi connectivity index (χ4v) is 3.49. The number of aromatic nitrogens is 2. The molecule has 3 atom stereocenters. The molecule has 1 aliphatic rings. The molecule has 3 heteroatoms. The number of rotatable bonds is 6. The zero-order valence-corrected chi connectivity index (χ0v) is 13.2. The standard InChI is InChI=1S/C17H29N3/c1-4-7-18-9-15-6-5-14(13(2)3)8-17(15)16-10-19-12-20-11-16/h10-15,17-18H,4-9H2,1-3H3. The quantitative estimate of drug-likeness (QED) is 0.806. The van der Waals surface area contributed by atoms with Crippen LogP contribution in [0.5, 0.6) is 0 Å². The van der Waals surface area contributed by atoms with Gasteiger partial charge in [-0.1, -0.05) is 20.8 Å². The van der Waals surface area contributed by atoms with Crippen LogP contribution in [0.2, 0.25) is 0 Å². The molecule has 0 bridgehead atoms. The molecule has 0 aliphatic heterocycles. The van der Waals surface area contributed by atoms with Gasteiger partial charge in [0, 0.05) is 12.4 Å². The monoisotopic (exact) mass is 275 g/mol. The summed E-state index contributed by atoms with van der Waals surface area (Å²) in [6, 6.07) is 0. The summed E-state index contributed by atoms with van der Waals surface area (Å²) in [6.07, 6.45) is 10.9. The van der Waals surface area contributed by atoms with Gasteiger partial charge in [-0.15, -0.1) is 0 Å². The molecule has 1 aromatic rings. The summed E-state index contributed by atoms with van der Waals surface area (Å²) in [6.45, 7) is 9.21. The fraction of sp³-hybridized carbons (Fsp3) is 0.765. The maximum absolute atomic E-state index is 4.23. The Morgan fingerprint density at radius 1 is 1.25 bits per heavy atom. The van der Waals surface area contributed by atoms with E-state index in [4.69, 9.17) is 0 Å². The molecule has 1 aromatic heterocycles. The van der Waals surface area contributed by atoms with Crippen molar-refractivity contribution in [1.29, 1.82) is 0 Å². The molecule has 1 saturated carbocycles. The first-order valence-corrected chi connectivity index (χ1v) is 8.18. The smallest absolute Gasteiger partial charge is 0.115 e. The molecule has 112 valence electrons. The Balaban J connectivity index is 2.06. The zero-order chi connectivity index (χ0) is 14.4. The van der Waals surface area contributed by atoms with Crippen LogP contribution < -0.4 is 5.32 Å². The lowest BCUT2D eigenvalue weighted by atomic mass is 9.68. The van der Waals surface area contributed by atoms with Gasteiger partial charge in [-0.25, -0.2) is 9.97 Å². The normalized spacial score (nSPS) is 26.9. The van der Waals surface area contributed by atoms with Gasteiger partial charge in [0.15, 0.2) is 0 Å². The molecule has 0 aromatic carbocycles. The van der Waals surface area contributed by atoms with Gasteiger partial charge < -0.3 is 5.32 Å². The van der Waals surface area contributed by atoms with E-state index in [0.29, 0.717) is 5.92 Å². The Labute approximate surface area is 123 Å². The third-order valence-electron chi connectivity index (χ3n) is 4.82. The highest BCUT2D eigenvalue weighted by atomic mass is 14.9. The lowest BCUT2D eigenvalue weighted by Crippen LogP contribution is -2.33. The van der Waals surface area contributed by atoms with Crippen molar-refractivity contribution in [3.63, 3.8) is 0 Å². The molecule has 0 saturated heterocycles. The van der Waals surface area contributed by atoms with Gasteiger partial charge in [-0.2, -0.15) is 0 Å². The molecule has 1 fully saturated rings. The van der Waals surface area contributed by atoms with E-state index in [1.54, 1.807) is 6.33 Å². The van der Waals surface area contributed by atoms with Crippen molar-refractivity contribution in [1.82, 2.24) is 15.3 Å². The highest BCUT2D eigenvalue weighted by molar-refractivity contribution is 5.13. The highest BCUT2D eigenvalue weighted by Gasteiger charge is 2.32. The first-order valence-electron chi connectivity index (χ1n) is 8.18. The molecule has 20 heavy (non-hydrogen) atoms. The summed E-state index contributed by atoms with van der Waals surface area (Å²) in [7, 11) is 0. The van der Waals surface area contributed by atoms with Crippen LogP contribution in [0.3, 0.4) is 0 Å². The molecule has 1 N–H and O–H groups in total. The van der Waals surface area contributed by atoms with E-state index < -0.39 is 0 Å². The number of hydrogen-bond acceptors (Lipinski definition) is 3. The van der Waals surface area contributed by atoms with Crippen LogP contribution in [0.15, 0.2) is 18.7 Å². The van der Waals surface area contributed by atoms with Crippen LogP contribution in [0.4, 0.5) is 0 Å². The van der Waals surface area contributed by atoms with Crippen LogP contribution in [0.25, 0.3) is 0 Å². The minimum absolute atomic E-state index is 0.627. The molecular weight excluding hydrogens is 246 g/mol. The van der Waals surface area contributed by atoms with E-state index in [9.17, 15) is 0 Å². The second-order valence-electron chi connectivity index (χ2n) is 6.56. The lowest BCUT2D eigenvalue weighted by molar-refractivity contribution is 0.190. The summed E-state index contributed by atoms with van der Waals surface area (Å²) in [5.74, 6) is 3.00. The first-order chi connectivity index (χ1) is 9.72. The van der Waals surface area contributed by atoms with Gasteiger partial charge in [-0.3, -0.25) is 0 Å². The molecule has 0 radical (unpaired) electrons. The average Bonchev–Trinajstić information content (AvgIpc) is 2.48. The molecule has 0 amide bonds. The Hall–Kier alpha value is -0.960. The fourth-order valence-electron chi connectivity index (χ4n) is 3.49. The Kier molecular flexibility index (Phi) is 5.96. The van der Waals surface area contributed by atoms with Gasteiger partial charge in [0.25, 0.3) is 0 Å². The molecule has 0 spiro atoms. The summed E-state index contributed by atoms with van der Waals surface area (Å²) in [5.41, 5.74) is 1.33. The number of nitrogens with one attached hydrogen (secondary N) is 1. The largest absolute Gasteiger partial charge is 0.316 e. The van der Waals surface area contributed by atoms with E-state index in [2.05, 4.69) is 36.1 Å². The van der Waals surface area contributed by atoms with Crippen molar-refractivity contribution in [2.75, 3.05) is 13.1 Å². The maximum atomic E-state index is 4.23. The van der Waals surface area contributed by atoms with Crippen LogP contribution in [0, 0.1) is 17.8 Å². The van der Waals surface area contributed by atoms with E-state index in [0.717, 1.165) is 30.8 Å². The van der Waals surface area contributed by atoms with Gasteiger partial charge in [0.1, 0.15) is 6.33 Å². The third kappa shape index (κ3) is 4.02. The predicted octanol–water partition coefficient (Wildman–Crippen LogP) is 3.63. The second kappa shape index (κ2) is 7.72. The Morgan fingerprint density at radius 3 is 2.65 bits per heavy atom. The molecular formula is C17H29N3. The molecule has 1 heterocycles. The summed E-state index contributed by atoms with van der Waals surface area (Å²) in [5, 5.41) is 3.61. The number of nitrogens with zero attached hydrogens (tertiary/aromatic N) is 2. The van der Waals surface area contributed by atoms with Crippen molar-refractivity contribution in [2.45, 2.75) is 52.4 Å². The maximum Gasteiger partial charge on any atom is 0.115 e. The van der Waals surface area contributed by atoms with E-state index in [1.165, 1.54) is 31.2 Å². The molecule has 3 unspecified atom stereocenters. The van der Waals surface area contributed by atoms with Crippen molar-refractivity contribution in [3.8, 4) is 0 Å². The van der Waals surface area contributed by atoms with Crippen molar-refractivity contribution in [2.24, 2.45) is 17.8 Å². The summed E-state index contributed by atoms with van der Waals surface area (Å²) >= 11 is 0. The topological polar surface area (TPSA) is 37.8 Å². The minimum Gasteiger partial charge on any atom is -0.316 e. The average molecular weight is 275 g/mol. The van der Waals surface area contributed by atoms with Gasteiger partial charge in [-0.05, 0) is 68.0 Å². The van der Waals surface area contributed by atoms with E-state index >= 15 is 0 Å². The third-order valence-corrected chi connectivity index (χ3v) is 4.82. The van der Waals surface area contributed by atoms with Crippen molar-refractivity contribution >= 4 is 0 Å². The van der Waals surface area contributed by atoms with Gasteiger partial charge in [0.05, 0.1) is 0 Å². The van der Waals surface area contributed by atoms with Gasteiger partial charge in [0.2, 0.25) is 0 Å². The highest BCUT2D eigenvalue weighted by Crippen LogP contribution is 2.42. The van der Waals surface area contributed by atoms with Crippen molar-refractivity contribution in [3.05, 3.63) is 24.3 Å². The van der Waals surface area contributed by atoms with Crippen LogP contribution in [-0.4, -0.2) is 23.1 Å².